The number of alkyl halides is 1. The van der Waals surface area contributed by atoms with Crippen LogP contribution in [0, 0.1) is 0 Å². The summed E-state index contributed by atoms with van der Waals surface area (Å²) in [7, 11) is 0. The summed E-state index contributed by atoms with van der Waals surface area (Å²) in [5.41, 5.74) is 0. The number of rotatable bonds is 3. The van der Waals surface area contributed by atoms with Crippen molar-refractivity contribution >= 4 is 11.6 Å². The Bertz CT molecular complexity index is 302. The van der Waals surface area contributed by atoms with Gasteiger partial charge in [-0.15, -0.1) is 11.6 Å². The molecule has 0 bridgehead atoms. The lowest BCUT2D eigenvalue weighted by atomic mass is 10.2. The van der Waals surface area contributed by atoms with Gasteiger partial charge in [0.15, 0.2) is 0 Å². The Morgan fingerprint density at radius 1 is 1.64 bits per heavy atom. The SMILES string of the molecule is CC1CCC(Cn2ncnc2CCl)O1. The van der Waals surface area contributed by atoms with Crippen LogP contribution in [0.4, 0.5) is 0 Å². The molecule has 1 fully saturated rings. The van der Waals surface area contributed by atoms with Crippen molar-refractivity contribution in [2.75, 3.05) is 0 Å². The zero-order valence-electron chi connectivity index (χ0n) is 8.19. The fourth-order valence-electron chi connectivity index (χ4n) is 1.76. The van der Waals surface area contributed by atoms with Gasteiger partial charge in [0, 0.05) is 0 Å². The van der Waals surface area contributed by atoms with Crippen LogP contribution in [0.15, 0.2) is 6.33 Å². The minimum absolute atomic E-state index is 0.272. The number of aromatic nitrogens is 3. The Kier molecular flexibility index (Phi) is 3.03. The lowest BCUT2D eigenvalue weighted by Crippen LogP contribution is -2.18. The molecule has 1 aliphatic rings. The standard InChI is InChI=1S/C9H14ClN3O/c1-7-2-3-8(14-7)5-13-9(4-10)11-6-12-13/h6-8H,2-5H2,1H3. The summed E-state index contributed by atoms with van der Waals surface area (Å²) in [6, 6.07) is 0. The van der Waals surface area contributed by atoms with Crippen molar-refractivity contribution in [3.05, 3.63) is 12.2 Å². The minimum atomic E-state index is 0.272. The van der Waals surface area contributed by atoms with Gasteiger partial charge in [-0.25, -0.2) is 9.67 Å². The number of halogens is 1. The van der Waals surface area contributed by atoms with Gasteiger partial charge in [0.2, 0.25) is 0 Å². The first-order valence-corrected chi connectivity index (χ1v) is 5.41. The third-order valence-corrected chi connectivity index (χ3v) is 2.75. The molecule has 0 saturated carbocycles. The first-order chi connectivity index (χ1) is 6.79. The van der Waals surface area contributed by atoms with Crippen LogP contribution in [0.1, 0.15) is 25.6 Å². The highest BCUT2D eigenvalue weighted by atomic mass is 35.5. The molecule has 78 valence electrons. The Labute approximate surface area is 88.2 Å². The highest BCUT2D eigenvalue weighted by Crippen LogP contribution is 2.20. The molecule has 0 amide bonds. The normalized spacial score (nSPS) is 27.0. The molecule has 1 aromatic heterocycles. The Morgan fingerprint density at radius 2 is 2.50 bits per heavy atom. The van der Waals surface area contributed by atoms with Gasteiger partial charge in [-0.1, -0.05) is 0 Å². The molecule has 2 atom stereocenters. The smallest absolute Gasteiger partial charge is 0.141 e. The van der Waals surface area contributed by atoms with Crippen molar-refractivity contribution < 1.29 is 4.74 Å². The molecule has 0 spiro atoms. The molecular formula is C9H14ClN3O. The average molecular weight is 216 g/mol. The van der Waals surface area contributed by atoms with Crippen LogP contribution >= 0.6 is 11.6 Å². The van der Waals surface area contributed by atoms with Crippen molar-refractivity contribution in [3.8, 4) is 0 Å². The van der Waals surface area contributed by atoms with E-state index < -0.39 is 0 Å². The molecule has 4 nitrogen and oxygen atoms in total. The Morgan fingerprint density at radius 3 is 3.14 bits per heavy atom. The molecule has 0 aliphatic carbocycles. The van der Waals surface area contributed by atoms with E-state index in [4.69, 9.17) is 16.3 Å². The van der Waals surface area contributed by atoms with Gasteiger partial charge in [0.05, 0.1) is 24.6 Å². The first-order valence-electron chi connectivity index (χ1n) is 4.87. The predicted molar refractivity (Wildman–Crippen MR) is 53.1 cm³/mol. The highest BCUT2D eigenvalue weighted by molar-refractivity contribution is 6.16. The number of nitrogens with zero attached hydrogens (tertiary/aromatic N) is 3. The maximum atomic E-state index is 5.72. The lowest BCUT2D eigenvalue weighted by molar-refractivity contribution is 0.0432. The third kappa shape index (κ3) is 2.07. The van der Waals surface area contributed by atoms with Crippen LogP contribution in [-0.2, 0) is 17.2 Å². The van der Waals surface area contributed by atoms with Crippen LogP contribution in [0.25, 0.3) is 0 Å². The molecule has 1 aromatic rings. The fourth-order valence-corrected chi connectivity index (χ4v) is 1.96. The van der Waals surface area contributed by atoms with Crippen LogP contribution < -0.4 is 0 Å². The minimum Gasteiger partial charge on any atom is -0.373 e. The zero-order chi connectivity index (χ0) is 9.97. The summed E-state index contributed by atoms with van der Waals surface area (Å²) < 4.78 is 7.53. The van der Waals surface area contributed by atoms with Gasteiger partial charge < -0.3 is 4.74 Å². The van der Waals surface area contributed by atoms with E-state index in [1.807, 2.05) is 4.68 Å². The van der Waals surface area contributed by atoms with E-state index in [0.717, 1.165) is 25.2 Å². The summed E-state index contributed by atoms with van der Waals surface area (Å²) in [6.45, 7) is 2.87. The van der Waals surface area contributed by atoms with Crippen molar-refractivity contribution in [1.82, 2.24) is 14.8 Å². The fraction of sp³-hybridized carbons (Fsp3) is 0.778. The Hall–Kier alpha value is -0.610. The van der Waals surface area contributed by atoms with Crippen molar-refractivity contribution in [2.45, 2.75) is 44.4 Å². The largest absolute Gasteiger partial charge is 0.373 e. The quantitative estimate of drug-likeness (QED) is 0.719. The topological polar surface area (TPSA) is 39.9 Å². The summed E-state index contributed by atoms with van der Waals surface area (Å²) in [5, 5.41) is 4.12. The summed E-state index contributed by atoms with van der Waals surface area (Å²) in [6.07, 6.45) is 4.42. The van der Waals surface area contributed by atoms with Crippen LogP contribution in [-0.4, -0.2) is 27.0 Å². The average Bonchev–Trinajstić information content (AvgIpc) is 2.76. The molecule has 0 radical (unpaired) electrons. The predicted octanol–water partition coefficient (Wildman–Crippen LogP) is 1.58. The number of ether oxygens (including phenoxy) is 1. The molecule has 14 heavy (non-hydrogen) atoms. The molecule has 5 heteroatoms. The van der Waals surface area contributed by atoms with E-state index in [9.17, 15) is 0 Å². The van der Waals surface area contributed by atoms with Gasteiger partial charge in [-0.05, 0) is 19.8 Å². The van der Waals surface area contributed by atoms with Crippen LogP contribution in [0.5, 0.6) is 0 Å². The second kappa shape index (κ2) is 4.28. The number of hydrogen-bond donors (Lipinski definition) is 0. The Balaban J connectivity index is 1.97. The molecule has 2 unspecified atom stereocenters. The summed E-state index contributed by atoms with van der Waals surface area (Å²) in [4.78, 5) is 4.06. The second-order valence-electron chi connectivity index (χ2n) is 3.64. The van der Waals surface area contributed by atoms with Crippen LogP contribution in [0.2, 0.25) is 0 Å². The number of hydrogen-bond acceptors (Lipinski definition) is 3. The lowest BCUT2D eigenvalue weighted by Gasteiger charge is -2.11. The molecule has 2 rings (SSSR count). The van der Waals surface area contributed by atoms with Gasteiger partial charge in [0.1, 0.15) is 12.2 Å². The van der Waals surface area contributed by atoms with E-state index >= 15 is 0 Å². The summed E-state index contributed by atoms with van der Waals surface area (Å²) in [5.74, 6) is 1.22. The van der Waals surface area contributed by atoms with E-state index in [1.54, 1.807) is 0 Å². The molecule has 1 aliphatic heterocycles. The van der Waals surface area contributed by atoms with Crippen molar-refractivity contribution in [1.29, 1.82) is 0 Å². The summed E-state index contributed by atoms with van der Waals surface area (Å²) >= 11 is 5.72. The monoisotopic (exact) mass is 215 g/mol. The molecule has 0 aromatic carbocycles. The zero-order valence-corrected chi connectivity index (χ0v) is 8.94. The van der Waals surface area contributed by atoms with E-state index in [1.165, 1.54) is 6.33 Å². The highest BCUT2D eigenvalue weighted by Gasteiger charge is 2.22. The van der Waals surface area contributed by atoms with E-state index in [0.29, 0.717) is 12.0 Å². The maximum absolute atomic E-state index is 5.72. The van der Waals surface area contributed by atoms with Crippen molar-refractivity contribution in [3.63, 3.8) is 0 Å². The van der Waals surface area contributed by atoms with E-state index in [2.05, 4.69) is 17.0 Å². The van der Waals surface area contributed by atoms with Gasteiger partial charge >= 0.3 is 0 Å². The van der Waals surface area contributed by atoms with E-state index in [-0.39, 0.29) is 6.10 Å². The molecule has 2 heterocycles. The third-order valence-electron chi connectivity index (χ3n) is 2.51. The van der Waals surface area contributed by atoms with Gasteiger partial charge in [-0.2, -0.15) is 5.10 Å². The molecule has 1 saturated heterocycles. The van der Waals surface area contributed by atoms with Gasteiger partial charge in [-0.3, -0.25) is 0 Å². The van der Waals surface area contributed by atoms with Gasteiger partial charge in [0.25, 0.3) is 0 Å². The first kappa shape index (κ1) is 9.93. The molecular weight excluding hydrogens is 202 g/mol. The second-order valence-corrected chi connectivity index (χ2v) is 3.91. The maximum Gasteiger partial charge on any atom is 0.141 e. The van der Waals surface area contributed by atoms with Crippen molar-refractivity contribution in [2.24, 2.45) is 0 Å². The van der Waals surface area contributed by atoms with Crippen LogP contribution in [0.3, 0.4) is 0 Å². The molecule has 0 N–H and O–H groups in total.